The van der Waals surface area contributed by atoms with E-state index in [0.717, 1.165) is 0 Å². The van der Waals surface area contributed by atoms with E-state index in [1.165, 1.54) is 6.20 Å². The minimum absolute atomic E-state index is 0.0960. The van der Waals surface area contributed by atoms with E-state index < -0.39 is 5.60 Å². The van der Waals surface area contributed by atoms with E-state index in [9.17, 15) is 9.59 Å². The van der Waals surface area contributed by atoms with Crippen molar-refractivity contribution >= 4 is 17.8 Å². The lowest BCUT2D eigenvalue weighted by atomic mass is 10.1. The summed E-state index contributed by atoms with van der Waals surface area (Å²) in [6, 6.07) is 3.17. The first kappa shape index (κ1) is 17.1. The van der Waals surface area contributed by atoms with Gasteiger partial charge in [0.1, 0.15) is 11.4 Å². The average molecular weight is 320 g/mol. The molecule has 0 spiro atoms. The summed E-state index contributed by atoms with van der Waals surface area (Å²) in [5.74, 6) is 0.276. The van der Waals surface area contributed by atoms with E-state index in [1.807, 2.05) is 27.7 Å². The normalized spacial score (nSPS) is 18.7. The van der Waals surface area contributed by atoms with Crippen LogP contribution in [0.4, 0.5) is 10.6 Å². The van der Waals surface area contributed by atoms with Gasteiger partial charge in [0.05, 0.1) is 5.56 Å². The molecule has 1 atom stereocenters. The lowest BCUT2D eigenvalue weighted by Crippen LogP contribution is -2.56. The fourth-order valence-corrected chi connectivity index (χ4v) is 2.45. The number of nitrogens with two attached hydrogens (primary N) is 1. The first-order valence-corrected chi connectivity index (χ1v) is 7.68. The molecule has 2 heterocycles. The van der Waals surface area contributed by atoms with Gasteiger partial charge in [-0.1, -0.05) is 0 Å². The molecule has 1 saturated heterocycles. The maximum Gasteiger partial charge on any atom is 0.410 e. The number of hydrogen-bond acceptors (Lipinski definition) is 5. The molecule has 0 unspecified atom stereocenters. The van der Waals surface area contributed by atoms with Crippen LogP contribution in [0.1, 0.15) is 38.1 Å². The molecule has 2 rings (SSSR count). The van der Waals surface area contributed by atoms with Gasteiger partial charge in [-0.05, 0) is 39.8 Å². The molecule has 1 aromatic rings. The number of nitrogen functional groups attached to an aromatic ring is 1. The van der Waals surface area contributed by atoms with E-state index >= 15 is 0 Å². The van der Waals surface area contributed by atoms with E-state index in [0.29, 0.717) is 31.0 Å². The fraction of sp³-hybridized carbons (Fsp3) is 0.562. The van der Waals surface area contributed by atoms with Crippen LogP contribution in [0.3, 0.4) is 0 Å². The Bertz CT molecular complexity index is 580. The van der Waals surface area contributed by atoms with Crippen molar-refractivity contribution in [3.05, 3.63) is 23.9 Å². The predicted molar refractivity (Wildman–Crippen MR) is 87.0 cm³/mol. The Morgan fingerprint density at radius 2 is 2.00 bits per heavy atom. The van der Waals surface area contributed by atoms with Gasteiger partial charge >= 0.3 is 6.09 Å². The molecular formula is C16H24N4O3. The summed E-state index contributed by atoms with van der Waals surface area (Å²) >= 11 is 0. The van der Waals surface area contributed by atoms with Crippen molar-refractivity contribution in [1.82, 2.24) is 14.8 Å². The third kappa shape index (κ3) is 4.34. The molecule has 2 N–H and O–H groups in total. The number of nitrogens with zero attached hydrogens (tertiary/aromatic N) is 3. The van der Waals surface area contributed by atoms with E-state index in [2.05, 4.69) is 4.98 Å². The van der Waals surface area contributed by atoms with Crippen LogP contribution < -0.4 is 5.73 Å². The van der Waals surface area contributed by atoms with Gasteiger partial charge in [0.15, 0.2) is 0 Å². The third-order valence-corrected chi connectivity index (χ3v) is 3.57. The van der Waals surface area contributed by atoms with Crippen LogP contribution in [0.5, 0.6) is 0 Å². The number of anilines is 1. The SMILES string of the molecule is C[C@@H]1CN(C(=O)OC(C)(C)C)CCN1C(=O)c1ccc(N)nc1. The van der Waals surface area contributed by atoms with Crippen LogP contribution in [-0.4, -0.2) is 58.1 Å². The Morgan fingerprint density at radius 3 is 2.52 bits per heavy atom. The van der Waals surface area contributed by atoms with Crippen molar-refractivity contribution in [1.29, 1.82) is 0 Å². The Kier molecular flexibility index (Phi) is 4.77. The number of piperazine rings is 1. The molecule has 0 saturated carbocycles. The largest absolute Gasteiger partial charge is 0.444 e. The van der Waals surface area contributed by atoms with Gasteiger partial charge < -0.3 is 20.3 Å². The quantitative estimate of drug-likeness (QED) is 0.851. The molecule has 1 aliphatic rings. The van der Waals surface area contributed by atoms with Crippen LogP contribution in [-0.2, 0) is 4.74 Å². The van der Waals surface area contributed by atoms with E-state index in [-0.39, 0.29) is 18.0 Å². The smallest absolute Gasteiger partial charge is 0.410 e. The van der Waals surface area contributed by atoms with Gasteiger partial charge in [0, 0.05) is 31.9 Å². The molecule has 2 amide bonds. The van der Waals surface area contributed by atoms with Crippen molar-refractivity contribution in [2.24, 2.45) is 0 Å². The zero-order valence-corrected chi connectivity index (χ0v) is 14.1. The van der Waals surface area contributed by atoms with Crippen LogP contribution in [0.2, 0.25) is 0 Å². The lowest BCUT2D eigenvalue weighted by Gasteiger charge is -2.40. The molecule has 126 valence electrons. The van der Waals surface area contributed by atoms with Gasteiger partial charge in [-0.25, -0.2) is 9.78 Å². The van der Waals surface area contributed by atoms with Crippen molar-refractivity contribution in [2.45, 2.75) is 39.3 Å². The maximum atomic E-state index is 12.5. The summed E-state index contributed by atoms with van der Waals surface area (Å²) in [4.78, 5) is 32.0. The molecule has 1 fully saturated rings. The minimum Gasteiger partial charge on any atom is -0.444 e. The van der Waals surface area contributed by atoms with E-state index in [4.69, 9.17) is 10.5 Å². The first-order valence-electron chi connectivity index (χ1n) is 7.68. The summed E-state index contributed by atoms with van der Waals surface area (Å²) in [6.45, 7) is 8.78. The van der Waals surface area contributed by atoms with Gasteiger partial charge in [0.2, 0.25) is 0 Å². The van der Waals surface area contributed by atoms with Gasteiger partial charge in [0.25, 0.3) is 5.91 Å². The second kappa shape index (κ2) is 6.44. The first-order chi connectivity index (χ1) is 10.7. The average Bonchev–Trinajstić information content (AvgIpc) is 2.45. The zero-order valence-electron chi connectivity index (χ0n) is 14.1. The summed E-state index contributed by atoms with van der Waals surface area (Å²) in [6.07, 6.45) is 1.13. The number of carbonyl (C=O) groups is 2. The van der Waals surface area contributed by atoms with Crippen LogP contribution >= 0.6 is 0 Å². The molecule has 0 radical (unpaired) electrons. The molecule has 7 nitrogen and oxygen atoms in total. The third-order valence-electron chi connectivity index (χ3n) is 3.57. The van der Waals surface area contributed by atoms with Gasteiger partial charge in [-0.15, -0.1) is 0 Å². The Labute approximate surface area is 136 Å². The molecular weight excluding hydrogens is 296 g/mol. The number of amides is 2. The lowest BCUT2D eigenvalue weighted by molar-refractivity contribution is 0.00616. The second-order valence-corrected chi connectivity index (χ2v) is 6.75. The van der Waals surface area contributed by atoms with Crippen molar-refractivity contribution in [2.75, 3.05) is 25.4 Å². The molecule has 0 aliphatic carbocycles. The van der Waals surface area contributed by atoms with Crippen molar-refractivity contribution in [3.63, 3.8) is 0 Å². The molecule has 0 aromatic carbocycles. The summed E-state index contributed by atoms with van der Waals surface area (Å²) in [5, 5.41) is 0. The second-order valence-electron chi connectivity index (χ2n) is 6.75. The molecule has 1 aliphatic heterocycles. The van der Waals surface area contributed by atoms with Crippen molar-refractivity contribution in [3.8, 4) is 0 Å². The summed E-state index contributed by atoms with van der Waals surface area (Å²) < 4.78 is 5.38. The topological polar surface area (TPSA) is 88.8 Å². The van der Waals surface area contributed by atoms with Crippen LogP contribution in [0, 0.1) is 0 Å². The number of aromatic nitrogens is 1. The highest BCUT2D eigenvalue weighted by molar-refractivity contribution is 5.94. The minimum atomic E-state index is -0.525. The summed E-state index contributed by atoms with van der Waals surface area (Å²) in [5.41, 5.74) is 5.51. The summed E-state index contributed by atoms with van der Waals surface area (Å²) in [7, 11) is 0. The highest BCUT2D eigenvalue weighted by Gasteiger charge is 2.32. The van der Waals surface area contributed by atoms with Gasteiger partial charge in [-0.2, -0.15) is 0 Å². The number of carbonyl (C=O) groups excluding carboxylic acids is 2. The van der Waals surface area contributed by atoms with Crippen LogP contribution in [0.15, 0.2) is 18.3 Å². The Balaban J connectivity index is 2.00. The van der Waals surface area contributed by atoms with E-state index in [1.54, 1.807) is 21.9 Å². The number of pyridine rings is 1. The standard InChI is InChI=1S/C16H24N4O3/c1-11-10-19(15(22)23-16(2,3)4)7-8-20(11)14(21)12-5-6-13(17)18-9-12/h5-6,9,11H,7-8,10H2,1-4H3,(H2,17,18)/t11-/m1/s1. The fourth-order valence-electron chi connectivity index (χ4n) is 2.45. The Morgan fingerprint density at radius 1 is 1.30 bits per heavy atom. The number of rotatable bonds is 1. The highest BCUT2D eigenvalue weighted by atomic mass is 16.6. The predicted octanol–water partition coefficient (Wildman–Crippen LogP) is 1.75. The Hall–Kier alpha value is -2.31. The molecule has 0 bridgehead atoms. The van der Waals surface area contributed by atoms with Crippen LogP contribution in [0.25, 0.3) is 0 Å². The molecule has 7 heteroatoms. The number of hydrogen-bond donors (Lipinski definition) is 1. The zero-order chi connectivity index (χ0) is 17.2. The monoisotopic (exact) mass is 320 g/mol. The van der Waals surface area contributed by atoms with Gasteiger partial charge in [-0.3, -0.25) is 4.79 Å². The molecule has 1 aromatic heterocycles. The highest BCUT2D eigenvalue weighted by Crippen LogP contribution is 2.17. The maximum absolute atomic E-state index is 12.5. The van der Waals surface area contributed by atoms with Crippen molar-refractivity contribution < 1.29 is 14.3 Å². The number of ether oxygens (including phenoxy) is 1. The molecule has 23 heavy (non-hydrogen) atoms.